The van der Waals surface area contributed by atoms with Crippen molar-refractivity contribution in [2.24, 2.45) is 10.9 Å². The second kappa shape index (κ2) is 10.6. The van der Waals surface area contributed by atoms with Gasteiger partial charge in [0.2, 0.25) is 0 Å². The number of guanidine groups is 1. The molecule has 0 amide bonds. The van der Waals surface area contributed by atoms with E-state index >= 15 is 0 Å². The van der Waals surface area contributed by atoms with Crippen LogP contribution in [0.2, 0.25) is 10.0 Å². The van der Waals surface area contributed by atoms with E-state index in [4.69, 9.17) is 23.2 Å². The summed E-state index contributed by atoms with van der Waals surface area (Å²) >= 11 is 12.1. The van der Waals surface area contributed by atoms with E-state index in [9.17, 15) is 0 Å². The number of hydrogen-bond acceptors (Lipinski definition) is 2. The first-order chi connectivity index (χ1) is 10.6. The molecule has 0 aliphatic carbocycles. The van der Waals surface area contributed by atoms with E-state index in [0.29, 0.717) is 22.5 Å². The highest BCUT2D eigenvalue weighted by atomic mass is 127. The van der Waals surface area contributed by atoms with Gasteiger partial charge in [-0.05, 0) is 43.1 Å². The Hall–Kier alpha value is -0.240. The summed E-state index contributed by atoms with van der Waals surface area (Å²) in [6.45, 7) is 7.30. The summed E-state index contributed by atoms with van der Waals surface area (Å²) in [6, 6.07) is 5.54. The third-order valence-electron chi connectivity index (χ3n) is 4.06. The Balaban J connectivity index is 0.00000264. The third-order valence-corrected chi connectivity index (χ3v) is 4.65. The first-order valence-electron chi connectivity index (χ1n) is 7.73. The molecular formula is C16H25Cl2IN4. The van der Waals surface area contributed by atoms with Crippen molar-refractivity contribution in [3.63, 3.8) is 0 Å². The first-order valence-corrected chi connectivity index (χ1v) is 8.48. The smallest absolute Gasteiger partial charge is 0.191 e. The van der Waals surface area contributed by atoms with E-state index in [0.717, 1.165) is 24.6 Å². The van der Waals surface area contributed by atoms with Crippen LogP contribution in [0.5, 0.6) is 0 Å². The fraction of sp³-hybridized carbons (Fsp3) is 0.562. The van der Waals surface area contributed by atoms with Crippen molar-refractivity contribution in [1.29, 1.82) is 0 Å². The molecule has 0 bridgehead atoms. The first kappa shape index (κ1) is 20.8. The van der Waals surface area contributed by atoms with Crippen molar-refractivity contribution >= 4 is 53.1 Å². The Labute approximate surface area is 166 Å². The highest BCUT2D eigenvalue weighted by Gasteiger charge is 2.20. The summed E-state index contributed by atoms with van der Waals surface area (Å²) in [6.07, 6.45) is 1.25. The van der Waals surface area contributed by atoms with Crippen LogP contribution in [0.25, 0.3) is 0 Å². The maximum atomic E-state index is 6.18. The Bertz CT molecular complexity index is 525. The van der Waals surface area contributed by atoms with Gasteiger partial charge in [0, 0.05) is 36.7 Å². The summed E-state index contributed by atoms with van der Waals surface area (Å²) in [7, 11) is 1.78. The van der Waals surface area contributed by atoms with E-state index in [1.54, 1.807) is 13.1 Å². The number of nitrogens with one attached hydrogen (secondary N) is 2. The zero-order valence-electron chi connectivity index (χ0n) is 13.6. The van der Waals surface area contributed by atoms with Crippen LogP contribution < -0.4 is 10.6 Å². The summed E-state index contributed by atoms with van der Waals surface area (Å²) in [5.41, 5.74) is 1.01. The molecule has 0 saturated carbocycles. The van der Waals surface area contributed by atoms with Crippen LogP contribution in [0.1, 0.15) is 18.9 Å². The molecule has 2 N–H and O–H groups in total. The minimum Gasteiger partial charge on any atom is -0.356 e. The lowest BCUT2D eigenvalue weighted by atomic mass is 10.1. The summed E-state index contributed by atoms with van der Waals surface area (Å²) in [4.78, 5) is 6.74. The number of rotatable bonds is 5. The fourth-order valence-electron chi connectivity index (χ4n) is 2.67. The fourth-order valence-corrected chi connectivity index (χ4v) is 3.15. The summed E-state index contributed by atoms with van der Waals surface area (Å²) in [5, 5.41) is 8.02. The molecule has 1 saturated heterocycles. The van der Waals surface area contributed by atoms with Crippen LogP contribution in [-0.2, 0) is 6.54 Å². The minimum absolute atomic E-state index is 0. The Morgan fingerprint density at radius 2 is 2.13 bits per heavy atom. The average molecular weight is 471 g/mol. The van der Waals surface area contributed by atoms with Crippen LogP contribution in [0.4, 0.5) is 0 Å². The second-order valence-electron chi connectivity index (χ2n) is 5.59. The second-order valence-corrected chi connectivity index (χ2v) is 6.43. The number of benzene rings is 1. The average Bonchev–Trinajstić information content (AvgIpc) is 2.97. The quantitative estimate of drug-likeness (QED) is 0.392. The van der Waals surface area contributed by atoms with Gasteiger partial charge in [-0.15, -0.1) is 24.0 Å². The number of nitrogens with zero attached hydrogens (tertiary/aromatic N) is 2. The summed E-state index contributed by atoms with van der Waals surface area (Å²) in [5.74, 6) is 1.50. The number of halogens is 3. The molecule has 23 heavy (non-hydrogen) atoms. The number of aliphatic imine (C=N–C) groups is 1. The predicted octanol–water partition coefficient (Wildman–Crippen LogP) is 3.62. The van der Waals surface area contributed by atoms with Crippen LogP contribution in [0, 0.1) is 5.92 Å². The van der Waals surface area contributed by atoms with E-state index in [2.05, 4.69) is 27.4 Å². The highest BCUT2D eigenvalue weighted by molar-refractivity contribution is 14.0. The molecule has 1 aromatic carbocycles. The normalized spacial score (nSPS) is 18.6. The van der Waals surface area contributed by atoms with E-state index in [1.165, 1.54) is 19.5 Å². The van der Waals surface area contributed by atoms with Crippen LogP contribution >= 0.6 is 47.2 Å². The Morgan fingerprint density at radius 3 is 2.74 bits per heavy atom. The van der Waals surface area contributed by atoms with Gasteiger partial charge in [0.25, 0.3) is 0 Å². The van der Waals surface area contributed by atoms with Crippen molar-refractivity contribution in [1.82, 2.24) is 15.5 Å². The highest BCUT2D eigenvalue weighted by Crippen LogP contribution is 2.20. The number of likely N-dealkylation sites (tertiary alicyclic amines) is 1. The zero-order valence-corrected chi connectivity index (χ0v) is 17.5. The standard InChI is InChI=1S/C16H24Cl2N4.HI/c1-3-22-7-6-12(11-22)9-20-16(19-2)21-10-13-4-5-14(17)8-15(13)18;/h4-5,8,12H,3,6-7,9-11H2,1-2H3,(H2,19,20,21);1H. The lowest BCUT2D eigenvalue weighted by Gasteiger charge is -2.16. The Morgan fingerprint density at radius 1 is 1.35 bits per heavy atom. The van der Waals surface area contributed by atoms with Gasteiger partial charge in [-0.2, -0.15) is 0 Å². The topological polar surface area (TPSA) is 39.7 Å². The van der Waals surface area contributed by atoms with Gasteiger partial charge in [0.1, 0.15) is 0 Å². The lowest BCUT2D eigenvalue weighted by molar-refractivity contribution is 0.342. The van der Waals surface area contributed by atoms with Crippen molar-refractivity contribution in [2.45, 2.75) is 19.9 Å². The molecule has 1 heterocycles. The SMILES string of the molecule is CCN1CCC(CNC(=NC)NCc2ccc(Cl)cc2Cl)C1.I. The molecule has 1 unspecified atom stereocenters. The van der Waals surface area contributed by atoms with Crippen LogP contribution in [-0.4, -0.2) is 44.1 Å². The van der Waals surface area contributed by atoms with Crippen molar-refractivity contribution in [3.05, 3.63) is 33.8 Å². The molecule has 1 aliphatic heterocycles. The van der Waals surface area contributed by atoms with Crippen molar-refractivity contribution in [3.8, 4) is 0 Å². The molecule has 1 aromatic rings. The molecule has 1 atom stereocenters. The number of hydrogen-bond donors (Lipinski definition) is 2. The van der Waals surface area contributed by atoms with E-state index in [-0.39, 0.29) is 24.0 Å². The molecule has 0 radical (unpaired) electrons. The zero-order chi connectivity index (χ0) is 15.9. The molecule has 4 nitrogen and oxygen atoms in total. The van der Waals surface area contributed by atoms with Crippen molar-refractivity contribution < 1.29 is 0 Å². The minimum atomic E-state index is 0. The van der Waals surface area contributed by atoms with Gasteiger partial charge in [0.05, 0.1) is 0 Å². The predicted molar refractivity (Wildman–Crippen MR) is 110 cm³/mol. The maximum absolute atomic E-state index is 6.18. The molecule has 130 valence electrons. The molecule has 1 fully saturated rings. The maximum Gasteiger partial charge on any atom is 0.191 e. The molecule has 7 heteroatoms. The molecule has 2 rings (SSSR count). The molecule has 0 aromatic heterocycles. The van der Waals surface area contributed by atoms with E-state index < -0.39 is 0 Å². The molecular weight excluding hydrogens is 446 g/mol. The third kappa shape index (κ3) is 6.64. The Kier molecular flexibility index (Phi) is 9.58. The van der Waals surface area contributed by atoms with Gasteiger partial charge in [-0.1, -0.05) is 36.2 Å². The lowest BCUT2D eigenvalue weighted by Crippen LogP contribution is -2.40. The van der Waals surface area contributed by atoms with Gasteiger partial charge in [0.15, 0.2) is 5.96 Å². The largest absolute Gasteiger partial charge is 0.356 e. The van der Waals surface area contributed by atoms with E-state index in [1.807, 2.05) is 12.1 Å². The monoisotopic (exact) mass is 470 g/mol. The van der Waals surface area contributed by atoms with Gasteiger partial charge < -0.3 is 15.5 Å². The van der Waals surface area contributed by atoms with Crippen LogP contribution in [0.15, 0.2) is 23.2 Å². The van der Waals surface area contributed by atoms with Gasteiger partial charge in [-0.25, -0.2) is 0 Å². The molecule has 1 aliphatic rings. The molecule has 0 spiro atoms. The van der Waals surface area contributed by atoms with Crippen LogP contribution in [0.3, 0.4) is 0 Å². The van der Waals surface area contributed by atoms with Gasteiger partial charge >= 0.3 is 0 Å². The van der Waals surface area contributed by atoms with Crippen molar-refractivity contribution in [2.75, 3.05) is 33.2 Å². The summed E-state index contributed by atoms with van der Waals surface area (Å²) < 4.78 is 0. The van der Waals surface area contributed by atoms with Gasteiger partial charge in [-0.3, -0.25) is 4.99 Å².